The van der Waals surface area contributed by atoms with Gasteiger partial charge in [-0.1, -0.05) is 18.1 Å². The molecule has 5 nitrogen and oxygen atoms in total. The second-order valence-corrected chi connectivity index (χ2v) is 5.80. The molecule has 0 fully saturated rings. The molecule has 0 N–H and O–H groups in total. The minimum Gasteiger partial charge on any atom is -0.452 e. The summed E-state index contributed by atoms with van der Waals surface area (Å²) in [4.78, 5) is 21.2. The maximum Gasteiger partial charge on any atom is 0.312 e. The molecule has 6 heteroatoms. The highest BCUT2D eigenvalue weighted by Crippen LogP contribution is 2.26. The Bertz CT molecular complexity index is 874. The number of aryl methyl sites for hydroxylation is 1. The van der Waals surface area contributed by atoms with E-state index in [2.05, 4.69) is 21.8 Å². The summed E-state index contributed by atoms with van der Waals surface area (Å²) < 4.78 is 10.7. The van der Waals surface area contributed by atoms with Gasteiger partial charge in [0.1, 0.15) is 11.5 Å². The van der Waals surface area contributed by atoms with E-state index in [4.69, 9.17) is 9.15 Å². The van der Waals surface area contributed by atoms with Gasteiger partial charge in [0.2, 0.25) is 5.89 Å². The Morgan fingerprint density at radius 2 is 2.25 bits per heavy atom. The van der Waals surface area contributed by atoms with Crippen LogP contribution in [0, 0.1) is 18.8 Å². The second-order valence-electron chi connectivity index (χ2n) is 4.85. The van der Waals surface area contributed by atoms with E-state index in [9.17, 15) is 4.79 Å². The van der Waals surface area contributed by atoms with Gasteiger partial charge >= 0.3 is 5.97 Å². The summed E-state index contributed by atoms with van der Waals surface area (Å²) in [7, 11) is 0. The predicted octanol–water partition coefficient (Wildman–Crippen LogP) is 3.24. The predicted molar refractivity (Wildman–Crippen MR) is 90.3 cm³/mol. The molecule has 0 aliphatic rings. The number of pyridine rings is 1. The number of hydrogen-bond donors (Lipinski definition) is 0. The van der Waals surface area contributed by atoms with Crippen molar-refractivity contribution in [1.29, 1.82) is 0 Å². The van der Waals surface area contributed by atoms with Gasteiger partial charge in [0.15, 0.2) is 6.61 Å². The number of oxazole rings is 1. The summed E-state index contributed by atoms with van der Waals surface area (Å²) in [5.41, 5.74) is 1.22. The maximum atomic E-state index is 11.9. The number of rotatable bonds is 4. The first kappa shape index (κ1) is 16.0. The summed E-state index contributed by atoms with van der Waals surface area (Å²) in [6.45, 7) is 1.80. The van der Waals surface area contributed by atoms with Crippen molar-refractivity contribution in [3.63, 3.8) is 0 Å². The number of hydrogen-bond acceptors (Lipinski definition) is 6. The van der Waals surface area contributed by atoms with E-state index in [1.807, 2.05) is 29.6 Å². The van der Waals surface area contributed by atoms with Crippen molar-refractivity contribution >= 4 is 17.3 Å². The third-order valence-corrected chi connectivity index (χ3v) is 3.98. The van der Waals surface area contributed by atoms with E-state index in [1.165, 1.54) is 11.3 Å². The highest BCUT2D eigenvalue weighted by molar-refractivity contribution is 7.13. The summed E-state index contributed by atoms with van der Waals surface area (Å²) in [6.07, 6.45) is 1.72. The van der Waals surface area contributed by atoms with E-state index >= 15 is 0 Å². The van der Waals surface area contributed by atoms with Crippen LogP contribution in [0.5, 0.6) is 0 Å². The van der Waals surface area contributed by atoms with Gasteiger partial charge < -0.3 is 9.15 Å². The first-order valence-electron chi connectivity index (χ1n) is 7.28. The molecule has 24 heavy (non-hydrogen) atoms. The Hall–Kier alpha value is -2.91. The summed E-state index contributed by atoms with van der Waals surface area (Å²) in [5, 5.41) is 1.95. The zero-order valence-corrected chi connectivity index (χ0v) is 13.8. The van der Waals surface area contributed by atoms with Crippen molar-refractivity contribution in [2.24, 2.45) is 0 Å². The van der Waals surface area contributed by atoms with E-state index in [-0.39, 0.29) is 19.0 Å². The highest BCUT2D eigenvalue weighted by Gasteiger charge is 2.15. The van der Waals surface area contributed by atoms with Crippen molar-refractivity contribution in [2.75, 3.05) is 6.61 Å². The number of thiophene rings is 1. The lowest BCUT2D eigenvalue weighted by Gasteiger charge is -1.98. The molecule has 3 aromatic rings. The number of esters is 1. The second kappa shape index (κ2) is 7.57. The summed E-state index contributed by atoms with van der Waals surface area (Å²) in [6, 6.07) is 9.30. The topological polar surface area (TPSA) is 65.2 Å². The molecule has 0 amide bonds. The minimum absolute atomic E-state index is 0.0179. The van der Waals surface area contributed by atoms with Gasteiger partial charge in [-0.15, -0.1) is 11.3 Å². The van der Waals surface area contributed by atoms with E-state index in [0.29, 0.717) is 23.0 Å². The Morgan fingerprint density at radius 1 is 1.33 bits per heavy atom. The van der Waals surface area contributed by atoms with Crippen molar-refractivity contribution in [2.45, 2.75) is 13.3 Å². The van der Waals surface area contributed by atoms with Crippen LogP contribution < -0.4 is 0 Å². The van der Waals surface area contributed by atoms with Gasteiger partial charge in [-0.05, 0) is 36.4 Å². The molecular formula is C18H14N2O3S. The van der Waals surface area contributed by atoms with Crippen molar-refractivity contribution in [3.8, 4) is 22.6 Å². The molecule has 0 saturated carbocycles. The Kier molecular flexibility index (Phi) is 5.04. The van der Waals surface area contributed by atoms with Crippen LogP contribution in [-0.4, -0.2) is 22.5 Å². The van der Waals surface area contributed by atoms with Gasteiger partial charge in [0, 0.05) is 6.20 Å². The van der Waals surface area contributed by atoms with Crippen LogP contribution in [0.4, 0.5) is 0 Å². The van der Waals surface area contributed by atoms with Crippen LogP contribution in [-0.2, 0) is 16.0 Å². The fourth-order valence-electron chi connectivity index (χ4n) is 1.97. The normalized spacial score (nSPS) is 10.0. The average molecular weight is 338 g/mol. The highest BCUT2D eigenvalue weighted by atomic mass is 32.1. The van der Waals surface area contributed by atoms with Crippen LogP contribution >= 0.6 is 11.3 Å². The zero-order valence-electron chi connectivity index (χ0n) is 13.0. The van der Waals surface area contributed by atoms with Gasteiger partial charge in [-0.3, -0.25) is 4.79 Å². The molecule has 0 unspecified atom stereocenters. The molecule has 0 spiro atoms. The molecule has 3 rings (SSSR count). The number of carbonyl (C=O) groups is 1. The maximum absolute atomic E-state index is 11.9. The Morgan fingerprint density at radius 3 is 3.00 bits per heavy atom. The summed E-state index contributed by atoms with van der Waals surface area (Å²) in [5.74, 6) is 6.35. The molecule has 3 aromatic heterocycles. The lowest BCUT2D eigenvalue weighted by atomic mass is 10.3. The minimum atomic E-state index is -0.389. The van der Waals surface area contributed by atoms with Crippen molar-refractivity contribution < 1.29 is 13.9 Å². The first-order valence-corrected chi connectivity index (χ1v) is 8.16. The molecule has 0 atom stereocenters. The van der Waals surface area contributed by atoms with Crippen molar-refractivity contribution in [1.82, 2.24) is 9.97 Å². The van der Waals surface area contributed by atoms with Gasteiger partial charge in [0.25, 0.3) is 0 Å². The van der Waals surface area contributed by atoms with Crippen LogP contribution in [0.3, 0.4) is 0 Å². The zero-order chi connectivity index (χ0) is 16.8. The number of aromatic nitrogens is 2. The van der Waals surface area contributed by atoms with Crippen molar-refractivity contribution in [3.05, 3.63) is 59.1 Å². The molecular weight excluding hydrogens is 324 g/mol. The molecule has 0 bridgehead atoms. The van der Waals surface area contributed by atoms with E-state index in [0.717, 1.165) is 4.88 Å². The molecule has 0 aliphatic heterocycles. The lowest BCUT2D eigenvalue weighted by Crippen LogP contribution is -2.09. The number of nitrogens with zero attached hydrogens (tertiary/aromatic N) is 2. The first-order chi connectivity index (χ1) is 11.7. The Labute approximate surface area is 143 Å². The van der Waals surface area contributed by atoms with Crippen LogP contribution in [0.15, 0.2) is 46.3 Å². The Balaban J connectivity index is 1.55. The number of carbonyl (C=O) groups excluding carboxylic acids is 1. The van der Waals surface area contributed by atoms with Gasteiger partial charge in [-0.2, -0.15) is 0 Å². The average Bonchev–Trinajstić information content (AvgIpc) is 3.23. The summed E-state index contributed by atoms with van der Waals surface area (Å²) >= 11 is 1.54. The van der Waals surface area contributed by atoms with Crippen LogP contribution in [0.25, 0.3) is 10.8 Å². The monoisotopic (exact) mass is 338 g/mol. The fraction of sp³-hybridized carbons (Fsp3) is 0.167. The van der Waals surface area contributed by atoms with Crippen LogP contribution in [0.2, 0.25) is 0 Å². The number of ether oxygens (including phenoxy) is 1. The third-order valence-electron chi connectivity index (χ3n) is 3.12. The lowest BCUT2D eigenvalue weighted by molar-refractivity contribution is -0.141. The fourth-order valence-corrected chi connectivity index (χ4v) is 2.61. The largest absolute Gasteiger partial charge is 0.452 e. The molecule has 3 heterocycles. The van der Waals surface area contributed by atoms with Crippen LogP contribution in [0.1, 0.15) is 17.1 Å². The molecule has 120 valence electrons. The molecule has 0 saturated heterocycles. The molecule has 0 radical (unpaired) electrons. The van der Waals surface area contributed by atoms with Gasteiger partial charge in [-0.25, -0.2) is 9.97 Å². The quantitative estimate of drug-likeness (QED) is 0.540. The third kappa shape index (κ3) is 4.09. The van der Waals surface area contributed by atoms with E-state index < -0.39 is 0 Å². The molecule has 0 aliphatic carbocycles. The standard InChI is InChI=1S/C18H14N2O3S/c1-13-15(20-18(23-13)16-8-5-11-24-16)12-17(21)22-10-4-7-14-6-2-3-9-19-14/h2-3,5-6,8-9,11H,10,12H2,1H3. The smallest absolute Gasteiger partial charge is 0.312 e. The SMILES string of the molecule is Cc1oc(-c2cccs2)nc1CC(=O)OCC#Cc1ccccn1. The molecule has 0 aromatic carbocycles. The van der Waals surface area contributed by atoms with E-state index in [1.54, 1.807) is 19.2 Å². The van der Waals surface area contributed by atoms with Gasteiger partial charge in [0.05, 0.1) is 17.0 Å².